The van der Waals surface area contributed by atoms with E-state index in [0.717, 1.165) is 19.1 Å². The second-order valence-electron chi connectivity index (χ2n) is 6.39. The Hall–Kier alpha value is -0.0800. The van der Waals surface area contributed by atoms with Crippen LogP contribution in [0.15, 0.2) is 0 Å². The first kappa shape index (κ1) is 15.0. The molecule has 1 aliphatic rings. The molecule has 0 spiro atoms. The van der Waals surface area contributed by atoms with E-state index in [-0.39, 0.29) is 0 Å². The van der Waals surface area contributed by atoms with Crippen LogP contribution in [0.3, 0.4) is 0 Å². The second-order valence-corrected chi connectivity index (χ2v) is 6.39. The van der Waals surface area contributed by atoms with Crippen LogP contribution in [0.2, 0.25) is 0 Å². The van der Waals surface area contributed by atoms with Crippen molar-refractivity contribution in [2.45, 2.75) is 46.0 Å². The first-order valence-electron chi connectivity index (χ1n) is 7.16. The molecule has 17 heavy (non-hydrogen) atoms. The van der Waals surface area contributed by atoms with E-state index in [2.05, 4.69) is 32.8 Å². The summed E-state index contributed by atoms with van der Waals surface area (Å²) in [5.74, 6) is 1.53. The molecule has 1 unspecified atom stereocenters. The number of hydrogen-bond donors (Lipinski definition) is 0. The van der Waals surface area contributed by atoms with E-state index in [9.17, 15) is 0 Å². The maximum atomic E-state index is 5.60. The Morgan fingerprint density at radius 1 is 1.18 bits per heavy atom. The molecule has 0 aromatic heterocycles. The predicted octanol–water partition coefficient (Wildman–Crippen LogP) is 3.42. The minimum atomic E-state index is 0.346. The fourth-order valence-electron chi connectivity index (χ4n) is 3.65. The third-order valence-corrected chi connectivity index (χ3v) is 4.59. The van der Waals surface area contributed by atoms with Gasteiger partial charge in [0.1, 0.15) is 0 Å². The van der Waals surface area contributed by atoms with E-state index in [1.165, 1.54) is 32.1 Å². The van der Waals surface area contributed by atoms with Gasteiger partial charge >= 0.3 is 0 Å². The van der Waals surface area contributed by atoms with Gasteiger partial charge < -0.3 is 9.64 Å². The Morgan fingerprint density at radius 3 is 2.18 bits per heavy atom. The van der Waals surface area contributed by atoms with Gasteiger partial charge in [0.25, 0.3) is 0 Å². The molecule has 2 heteroatoms. The molecule has 0 aromatic carbocycles. The zero-order valence-corrected chi connectivity index (χ0v) is 12.5. The van der Waals surface area contributed by atoms with E-state index in [4.69, 9.17) is 4.74 Å². The average molecular weight is 241 g/mol. The zero-order valence-electron chi connectivity index (χ0n) is 12.5. The molecule has 0 N–H and O–H groups in total. The molecule has 0 saturated heterocycles. The van der Waals surface area contributed by atoms with Gasteiger partial charge in [0, 0.05) is 19.1 Å². The van der Waals surface area contributed by atoms with Crippen LogP contribution in [0.1, 0.15) is 46.0 Å². The molecule has 1 fully saturated rings. The smallest absolute Gasteiger partial charge is 0.0536 e. The molecular formula is C15H31NO. The number of methoxy groups -OCH3 is 1. The van der Waals surface area contributed by atoms with Crippen molar-refractivity contribution in [3.8, 4) is 0 Å². The van der Waals surface area contributed by atoms with Gasteiger partial charge in [-0.25, -0.2) is 0 Å². The van der Waals surface area contributed by atoms with Crippen molar-refractivity contribution in [3.05, 3.63) is 0 Å². The van der Waals surface area contributed by atoms with E-state index in [1.54, 1.807) is 0 Å². The van der Waals surface area contributed by atoms with Gasteiger partial charge in [-0.2, -0.15) is 0 Å². The standard InChI is InChI=1S/C15H31NO/c1-13(2)15(12-17-5,11-16(3)4)14-9-7-6-8-10-14/h13-14H,6-12H2,1-5H3. The Balaban J connectivity index is 2.86. The first-order valence-corrected chi connectivity index (χ1v) is 7.16. The highest BCUT2D eigenvalue weighted by Crippen LogP contribution is 2.44. The van der Waals surface area contributed by atoms with Crippen molar-refractivity contribution in [1.29, 1.82) is 0 Å². The molecule has 0 bridgehead atoms. The zero-order chi connectivity index (χ0) is 12.9. The summed E-state index contributed by atoms with van der Waals surface area (Å²) < 4.78 is 5.60. The summed E-state index contributed by atoms with van der Waals surface area (Å²) in [6, 6.07) is 0. The molecule has 0 heterocycles. The predicted molar refractivity (Wildman–Crippen MR) is 74.3 cm³/mol. The van der Waals surface area contributed by atoms with E-state index >= 15 is 0 Å². The summed E-state index contributed by atoms with van der Waals surface area (Å²) >= 11 is 0. The molecule has 0 amide bonds. The summed E-state index contributed by atoms with van der Waals surface area (Å²) in [5.41, 5.74) is 0.346. The van der Waals surface area contributed by atoms with Gasteiger partial charge in [-0.3, -0.25) is 0 Å². The SMILES string of the molecule is COCC(CN(C)C)(C(C)C)C1CCCCC1. The van der Waals surface area contributed by atoms with Crippen LogP contribution in [0.4, 0.5) is 0 Å². The summed E-state index contributed by atoms with van der Waals surface area (Å²) in [7, 11) is 6.24. The van der Waals surface area contributed by atoms with Gasteiger partial charge in [0.15, 0.2) is 0 Å². The maximum absolute atomic E-state index is 5.60. The molecule has 1 atom stereocenters. The minimum Gasteiger partial charge on any atom is -0.384 e. The van der Waals surface area contributed by atoms with Crippen molar-refractivity contribution in [2.75, 3.05) is 34.4 Å². The number of rotatable bonds is 6. The summed E-state index contributed by atoms with van der Waals surface area (Å²) in [4.78, 5) is 2.34. The lowest BCUT2D eigenvalue weighted by atomic mass is 9.63. The summed E-state index contributed by atoms with van der Waals surface area (Å²) in [6.07, 6.45) is 7.05. The van der Waals surface area contributed by atoms with Crippen LogP contribution >= 0.6 is 0 Å². The van der Waals surface area contributed by atoms with Gasteiger partial charge in [-0.05, 0) is 38.8 Å². The molecular weight excluding hydrogens is 210 g/mol. The van der Waals surface area contributed by atoms with Crippen LogP contribution in [0.25, 0.3) is 0 Å². The van der Waals surface area contributed by atoms with Crippen molar-refractivity contribution in [2.24, 2.45) is 17.3 Å². The van der Waals surface area contributed by atoms with Crippen molar-refractivity contribution in [3.63, 3.8) is 0 Å². The fraction of sp³-hybridized carbons (Fsp3) is 1.00. The molecule has 0 aromatic rings. The minimum absolute atomic E-state index is 0.346. The largest absolute Gasteiger partial charge is 0.384 e. The molecule has 2 nitrogen and oxygen atoms in total. The maximum Gasteiger partial charge on any atom is 0.0536 e. The monoisotopic (exact) mass is 241 g/mol. The van der Waals surface area contributed by atoms with Gasteiger partial charge in [-0.15, -0.1) is 0 Å². The third kappa shape index (κ3) is 3.69. The Morgan fingerprint density at radius 2 is 1.76 bits per heavy atom. The lowest BCUT2D eigenvalue weighted by Crippen LogP contribution is -2.48. The average Bonchev–Trinajstić information content (AvgIpc) is 2.28. The van der Waals surface area contributed by atoms with Gasteiger partial charge in [0.2, 0.25) is 0 Å². The number of hydrogen-bond acceptors (Lipinski definition) is 2. The summed E-state index contributed by atoms with van der Waals surface area (Å²) in [5, 5.41) is 0. The lowest BCUT2D eigenvalue weighted by molar-refractivity contribution is -0.0372. The van der Waals surface area contributed by atoms with E-state index in [1.807, 2.05) is 7.11 Å². The highest BCUT2D eigenvalue weighted by atomic mass is 16.5. The topological polar surface area (TPSA) is 12.5 Å². The Kier molecular flexibility index (Phi) is 5.94. The fourth-order valence-corrected chi connectivity index (χ4v) is 3.65. The molecule has 0 aliphatic heterocycles. The molecule has 1 saturated carbocycles. The molecule has 0 radical (unpaired) electrons. The van der Waals surface area contributed by atoms with E-state index in [0.29, 0.717) is 11.3 Å². The number of nitrogens with zero attached hydrogens (tertiary/aromatic N) is 1. The van der Waals surface area contributed by atoms with Crippen LogP contribution < -0.4 is 0 Å². The lowest BCUT2D eigenvalue weighted by Gasteiger charge is -2.47. The van der Waals surface area contributed by atoms with Gasteiger partial charge in [0.05, 0.1) is 6.61 Å². The summed E-state index contributed by atoms with van der Waals surface area (Å²) in [6.45, 7) is 6.81. The Bertz CT molecular complexity index is 209. The first-order chi connectivity index (χ1) is 8.03. The molecule has 1 rings (SSSR count). The highest BCUT2D eigenvalue weighted by Gasteiger charge is 2.42. The van der Waals surface area contributed by atoms with Crippen molar-refractivity contribution >= 4 is 0 Å². The van der Waals surface area contributed by atoms with E-state index < -0.39 is 0 Å². The third-order valence-electron chi connectivity index (χ3n) is 4.59. The molecule has 102 valence electrons. The Labute approximate surface area is 108 Å². The van der Waals surface area contributed by atoms with Crippen LogP contribution in [0.5, 0.6) is 0 Å². The number of ether oxygens (including phenoxy) is 1. The van der Waals surface area contributed by atoms with Gasteiger partial charge in [-0.1, -0.05) is 33.1 Å². The van der Waals surface area contributed by atoms with Crippen LogP contribution in [-0.4, -0.2) is 39.3 Å². The molecule has 1 aliphatic carbocycles. The highest BCUT2D eigenvalue weighted by molar-refractivity contribution is 4.92. The van der Waals surface area contributed by atoms with Crippen LogP contribution in [0, 0.1) is 17.3 Å². The quantitative estimate of drug-likeness (QED) is 0.706. The second kappa shape index (κ2) is 6.75. The van der Waals surface area contributed by atoms with Crippen molar-refractivity contribution < 1.29 is 4.74 Å². The normalized spacial score (nSPS) is 22.1. The van der Waals surface area contributed by atoms with Crippen molar-refractivity contribution in [1.82, 2.24) is 4.90 Å². The van der Waals surface area contributed by atoms with Crippen LogP contribution in [-0.2, 0) is 4.74 Å².